The number of carbonyl (C=O) groups excluding carboxylic acids is 1. The third-order valence-corrected chi connectivity index (χ3v) is 4.92. The summed E-state index contributed by atoms with van der Waals surface area (Å²) in [5.74, 6) is 1.62. The van der Waals surface area contributed by atoms with Gasteiger partial charge >= 0.3 is 5.69 Å². The third kappa shape index (κ3) is 3.46. The average molecular weight is 393 g/mol. The van der Waals surface area contributed by atoms with Gasteiger partial charge in [0.15, 0.2) is 17.3 Å². The van der Waals surface area contributed by atoms with Crippen LogP contribution in [-0.2, 0) is 17.9 Å². The third-order valence-electron chi connectivity index (χ3n) is 4.92. The van der Waals surface area contributed by atoms with E-state index in [9.17, 15) is 9.59 Å². The van der Waals surface area contributed by atoms with E-state index in [2.05, 4.69) is 15.4 Å². The topological polar surface area (TPSA) is 100 Å². The van der Waals surface area contributed by atoms with Gasteiger partial charge in [0.25, 0.3) is 0 Å². The lowest BCUT2D eigenvalue weighted by Crippen LogP contribution is -2.33. The predicted molar refractivity (Wildman–Crippen MR) is 102 cm³/mol. The molecule has 1 N–H and O–H groups in total. The summed E-state index contributed by atoms with van der Waals surface area (Å²) in [6.45, 7) is 0.385. The van der Waals surface area contributed by atoms with Gasteiger partial charge in [-0.15, -0.1) is 5.10 Å². The molecule has 5 rings (SSSR count). The van der Waals surface area contributed by atoms with E-state index in [1.807, 2.05) is 24.3 Å². The predicted octanol–water partition coefficient (Wildman–Crippen LogP) is 1.49. The van der Waals surface area contributed by atoms with Crippen molar-refractivity contribution < 1.29 is 14.3 Å². The second kappa shape index (κ2) is 7.08. The SMILES string of the molecule is O=C(Cn1nc(-c2cccnc2)n(C2CC2)c1=O)NCc1ccc2c(c1)OCO2. The minimum absolute atomic E-state index is 0.142. The van der Waals surface area contributed by atoms with Crippen LogP contribution in [-0.4, -0.2) is 32.0 Å². The van der Waals surface area contributed by atoms with Crippen molar-refractivity contribution in [3.8, 4) is 22.9 Å². The van der Waals surface area contributed by atoms with Gasteiger partial charge in [-0.3, -0.25) is 14.3 Å². The first-order valence-electron chi connectivity index (χ1n) is 9.44. The summed E-state index contributed by atoms with van der Waals surface area (Å²) >= 11 is 0. The highest BCUT2D eigenvalue weighted by Gasteiger charge is 2.30. The molecule has 1 amide bonds. The Bertz CT molecular complexity index is 1120. The van der Waals surface area contributed by atoms with Crippen LogP contribution < -0.4 is 20.5 Å². The van der Waals surface area contributed by atoms with Gasteiger partial charge in [-0.1, -0.05) is 6.07 Å². The van der Waals surface area contributed by atoms with Crippen molar-refractivity contribution in [1.29, 1.82) is 0 Å². The largest absolute Gasteiger partial charge is 0.454 e. The standard InChI is InChI=1S/C20H19N5O4/c26-18(22-9-13-3-6-16-17(8-13)29-12-28-16)11-24-20(27)25(15-4-5-15)19(23-24)14-2-1-7-21-10-14/h1-3,6-8,10,15H,4-5,9,11-12H2,(H,22,26). The summed E-state index contributed by atoms with van der Waals surface area (Å²) in [5.41, 5.74) is 1.37. The molecule has 0 bridgehead atoms. The molecule has 3 aromatic rings. The van der Waals surface area contributed by atoms with Crippen molar-refractivity contribution in [2.24, 2.45) is 0 Å². The summed E-state index contributed by atoms with van der Waals surface area (Å²) in [7, 11) is 0. The van der Waals surface area contributed by atoms with Crippen molar-refractivity contribution >= 4 is 5.91 Å². The fourth-order valence-corrected chi connectivity index (χ4v) is 3.32. The number of rotatable bonds is 6. The molecule has 0 radical (unpaired) electrons. The van der Waals surface area contributed by atoms with Gasteiger partial charge in [0.05, 0.1) is 0 Å². The van der Waals surface area contributed by atoms with Crippen LogP contribution >= 0.6 is 0 Å². The first-order chi connectivity index (χ1) is 14.2. The van der Waals surface area contributed by atoms with Crippen molar-refractivity contribution in [3.63, 3.8) is 0 Å². The number of nitrogens with zero attached hydrogens (tertiary/aromatic N) is 4. The number of benzene rings is 1. The van der Waals surface area contributed by atoms with Crippen molar-refractivity contribution in [2.45, 2.75) is 32.0 Å². The molecule has 1 aromatic carbocycles. The summed E-state index contributed by atoms with van der Waals surface area (Å²) in [5, 5.41) is 7.24. The van der Waals surface area contributed by atoms with E-state index >= 15 is 0 Å². The second-order valence-corrected chi connectivity index (χ2v) is 7.07. The number of aromatic nitrogens is 4. The van der Waals surface area contributed by atoms with E-state index in [4.69, 9.17) is 9.47 Å². The quantitative estimate of drug-likeness (QED) is 0.681. The maximum absolute atomic E-state index is 12.8. The molecule has 0 atom stereocenters. The average Bonchev–Trinajstić information content (AvgIpc) is 3.38. The molecule has 148 valence electrons. The number of amides is 1. The summed E-state index contributed by atoms with van der Waals surface area (Å²) in [6.07, 6.45) is 5.22. The molecular formula is C20H19N5O4. The lowest BCUT2D eigenvalue weighted by molar-refractivity contribution is -0.122. The molecule has 0 saturated heterocycles. The summed E-state index contributed by atoms with van der Waals surface area (Å²) in [6, 6.07) is 9.31. The zero-order valence-electron chi connectivity index (χ0n) is 15.6. The van der Waals surface area contributed by atoms with Gasteiger partial charge in [0, 0.05) is 30.5 Å². The summed E-state index contributed by atoms with van der Waals surface area (Å²) < 4.78 is 13.5. The number of carbonyl (C=O) groups is 1. The van der Waals surface area contributed by atoms with Crippen LogP contribution in [0, 0.1) is 0 Å². The zero-order valence-corrected chi connectivity index (χ0v) is 15.6. The highest BCUT2D eigenvalue weighted by atomic mass is 16.7. The Hall–Kier alpha value is -3.62. The summed E-state index contributed by atoms with van der Waals surface area (Å²) in [4.78, 5) is 29.3. The molecule has 2 aliphatic rings. The smallest absolute Gasteiger partial charge is 0.346 e. The van der Waals surface area contributed by atoms with Crippen LogP contribution in [0.1, 0.15) is 24.4 Å². The number of hydrogen-bond acceptors (Lipinski definition) is 6. The molecule has 1 aliphatic carbocycles. The molecule has 0 unspecified atom stereocenters. The van der Waals surface area contributed by atoms with Crippen molar-refractivity contribution in [1.82, 2.24) is 24.6 Å². The fourth-order valence-electron chi connectivity index (χ4n) is 3.32. The molecule has 29 heavy (non-hydrogen) atoms. The van der Waals surface area contributed by atoms with Gasteiger partial charge in [-0.25, -0.2) is 9.48 Å². The molecule has 1 aliphatic heterocycles. The van der Waals surface area contributed by atoms with Crippen molar-refractivity contribution in [3.05, 3.63) is 58.8 Å². The van der Waals surface area contributed by atoms with E-state index < -0.39 is 0 Å². The Balaban J connectivity index is 1.31. The molecule has 9 nitrogen and oxygen atoms in total. The first-order valence-corrected chi connectivity index (χ1v) is 9.44. The van der Waals surface area contributed by atoms with E-state index in [0.717, 1.165) is 24.0 Å². The van der Waals surface area contributed by atoms with Gasteiger partial charge in [-0.05, 0) is 42.7 Å². The molecule has 1 saturated carbocycles. The number of ether oxygens (including phenoxy) is 2. The molecule has 9 heteroatoms. The molecular weight excluding hydrogens is 374 g/mol. The zero-order chi connectivity index (χ0) is 19.8. The van der Waals surface area contributed by atoms with Crippen LogP contribution in [0.15, 0.2) is 47.5 Å². The minimum Gasteiger partial charge on any atom is -0.454 e. The van der Waals surface area contributed by atoms with Gasteiger partial charge in [-0.2, -0.15) is 0 Å². The lowest BCUT2D eigenvalue weighted by Gasteiger charge is -2.06. The fraction of sp³-hybridized carbons (Fsp3) is 0.300. The van der Waals surface area contributed by atoms with Crippen molar-refractivity contribution in [2.75, 3.05) is 6.79 Å². The maximum atomic E-state index is 12.8. The van der Waals surface area contributed by atoms with Gasteiger partial charge in [0.1, 0.15) is 6.54 Å². The van der Waals surface area contributed by atoms with Crippen LogP contribution in [0.3, 0.4) is 0 Å². The number of hydrogen-bond donors (Lipinski definition) is 1. The molecule has 2 aromatic heterocycles. The first kappa shape index (κ1) is 17.5. The molecule has 1 fully saturated rings. The number of pyridine rings is 1. The highest BCUT2D eigenvalue weighted by molar-refractivity contribution is 5.75. The Morgan fingerprint density at radius 1 is 1.21 bits per heavy atom. The second-order valence-electron chi connectivity index (χ2n) is 7.07. The van der Waals surface area contributed by atoms with Gasteiger partial charge in [0.2, 0.25) is 12.7 Å². The lowest BCUT2D eigenvalue weighted by atomic mass is 10.2. The van der Waals surface area contributed by atoms with E-state index in [0.29, 0.717) is 23.9 Å². The Kier molecular flexibility index (Phi) is 4.27. The monoisotopic (exact) mass is 393 g/mol. The van der Waals surface area contributed by atoms with Crippen LogP contribution in [0.4, 0.5) is 0 Å². The van der Waals surface area contributed by atoms with Crippen LogP contribution in [0.5, 0.6) is 11.5 Å². The molecule has 0 spiro atoms. The highest BCUT2D eigenvalue weighted by Crippen LogP contribution is 2.36. The normalized spacial score (nSPS) is 14.8. The van der Waals surface area contributed by atoms with E-state index in [-0.39, 0.29) is 31.0 Å². The van der Waals surface area contributed by atoms with E-state index in [1.165, 1.54) is 4.68 Å². The number of fused-ring (bicyclic) bond motifs is 1. The Labute approximate surface area is 165 Å². The number of nitrogens with one attached hydrogen (secondary N) is 1. The van der Waals surface area contributed by atoms with E-state index in [1.54, 1.807) is 23.0 Å². The maximum Gasteiger partial charge on any atom is 0.346 e. The Morgan fingerprint density at radius 3 is 2.86 bits per heavy atom. The molecule has 3 heterocycles. The van der Waals surface area contributed by atoms with Crippen LogP contribution in [0.25, 0.3) is 11.4 Å². The van der Waals surface area contributed by atoms with Crippen LogP contribution in [0.2, 0.25) is 0 Å². The minimum atomic E-state index is -0.289. The van der Waals surface area contributed by atoms with Gasteiger partial charge < -0.3 is 14.8 Å². The Morgan fingerprint density at radius 2 is 2.07 bits per heavy atom.